The number of aromatic nitrogens is 4. The van der Waals surface area contributed by atoms with Gasteiger partial charge in [-0.3, -0.25) is 0 Å². The normalized spacial score (nSPS) is 11.1. The summed E-state index contributed by atoms with van der Waals surface area (Å²) in [5, 5.41) is 15.2. The van der Waals surface area contributed by atoms with Crippen LogP contribution in [0.5, 0.6) is 0 Å². The highest BCUT2D eigenvalue weighted by Crippen LogP contribution is 2.30. The van der Waals surface area contributed by atoms with Crippen LogP contribution in [0.3, 0.4) is 0 Å². The number of aliphatic hydroxyl groups excluding tert-OH is 1. The standard InChI is InChI=1S/C16H17ClN4OS/c1-11-14(10-23-16-18-8-13(9-22)20(16)2)15(17)21(19-11)12-6-4-3-5-7-12/h3-8,22H,9-10H2,1-2H3. The summed E-state index contributed by atoms with van der Waals surface area (Å²) < 4.78 is 3.64. The lowest BCUT2D eigenvalue weighted by Gasteiger charge is -2.05. The highest BCUT2D eigenvalue weighted by Gasteiger charge is 2.16. The van der Waals surface area contributed by atoms with E-state index in [1.807, 2.05) is 48.9 Å². The Morgan fingerprint density at radius 1 is 1.26 bits per heavy atom. The van der Waals surface area contributed by atoms with E-state index in [2.05, 4.69) is 10.1 Å². The molecule has 5 nitrogen and oxygen atoms in total. The van der Waals surface area contributed by atoms with Gasteiger partial charge < -0.3 is 9.67 Å². The summed E-state index contributed by atoms with van der Waals surface area (Å²) in [6, 6.07) is 9.83. The largest absolute Gasteiger partial charge is 0.390 e. The molecule has 0 atom stereocenters. The van der Waals surface area contributed by atoms with Crippen molar-refractivity contribution in [2.75, 3.05) is 0 Å². The first kappa shape index (κ1) is 16.1. The molecular formula is C16H17ClN4OS. The van der Waals surface area contributed by atoms with Gasteiger partial charge in [-0.15, -0.1) is 0 Å². The Bertz CT molecular complexity index is 813. The molecule has 7 heteroatoms. The molecule has 0 radical (unpaired) electrons. The Kier molecular flexibility index (Phi) is 4.75. The van der Waals surface area contributed by atoms with Crippen molar-refractivity contribution in [3.8, 4) is 5.69 Å². The van der Waals surface area contributed by atoms with E-state index < -0.39 is 0 Å². The lowest BCUT2D eigenvalue weighted by Crippen LogP contribution is -1.98. The molecule has 0 aliphatic heterocycles. The molecule has 3 rings (SSSR count). The van der Waals surface area contributed by atoms with Gasteiger partial charge in [0.25, 0.3) is 0 Å². The van der Waals surface area contributed by atoms with E-state index in [0.29, 0.717) is 10.9 Å². The van der Waals surface area contributed by atoms with Crippen LogP contribution in [0.15, 0.2) is 41.7 Å². The van der Waals surface area contributed by atoms with Gasteiger partial charge >= 0.3 is 0 Å². The summed E-state index contributed by atoms with van der Waals surface area (Å²) in [5.74, 6) is 0.674. The van der Waals surface area contributed by atoms with Crippen LogP contribution in [-0.4, -0.2) is 24.4 Å². The minimum Gasteiger partial charge on any atom is -0.390 e. The third-order valence-electron chi connectivity index (χ3n) is 3.67. The highest BCUT2D eigenvalue weighted by atomic mass is 35.5. The molecule has 120 valence electrons. The minimum atomic E-state index is -0.0181. The molecule has 0 saturated carbocycles. The molecule has 0 aliphatic rings. The van der Waals surface area contributed by atoms with Crippen LogP contribution in [0.2, 0.25) is 5.15 Å². The van der Waals surface area contributed by atoms with Crippen molar-refractivity contribution < 1.29 is 5.11 Å². The predicted octanol–water partition coefficient (Wildman–Crippen LogP) is 3.35. The van der Waals surface area contributed by atoms with Crippen molar-refractivity contribution in [1.29, 1.82) is 0 Å². The van der Waals surface area contributed by atoms with Gasteiger partial charge in [0, 0.05) is 18.4 Å². The van der Waals surface area contributed by atoms with Gasteiger partial charge in [-0.25, -0.2) is 9.67 Å². The van der Waals surface area contributed by atoms with Gasteiger partial charge in [-0.05, 0) is 19.1 Å². The van der Waals surface area contributed by atoms with Crippen molar-refractivity contribution in [1.82, 2.24) is 19.3 Å². The van der Waals surface area contributed by atoms with Crippen LogP contribution < -0.4 is 0 Å². The summed E-state index contributed by atoms with van der Waals surface area (Å²) in [5.41, 5.74) is 3.63. The van der Waals surface area contributed by atoms with E-state index in [9.17, 15) is 5.11 Å². The third kappa shape index (κ3) is 3.15. The van der Waals surface area contributed by atoms with Gasteiger partial charge in [-0.1, -0.05) is 41.6 Å². The van der Waals surface area contributed by atoms with Crippen LogP contribution >= 0.6 is 23.4 Å². The molecule has 0 saturated heterocycles. The van der Waals surface area contributed by atoms with Gasteiger partial charge in [-0.2, -0.15) is 5.10 Å². The quantitative estimate of drug-likeness (QED) is 0.718. The van der Waals surface area contributed by atoms with E-state index in [1.165, 1.54) is 0 Å². The third-order valence-corrected chi connectivity index (χ3v) is 5.13. The number of aliphatic hydroxyl groups is 1. The summed E-state index contributed by atoms with van der Waals surface area (Å²) in [7, 11) is 1.89. The monoisotopic (exact) mass is 348 g/mol. The average molecular weight is 349 g/mol. The average Bonchev–Trinajstić information content (AvgIpc) is 3.06. The molecule has 0 amide bonds. The summed E-state index contributed by atoms with van der Waals surface area (Å²) in [6.07, 6.45) is 1.68. The maximum atomic E-state index is 9.23. The molecule has 0 bridgehead atoms. The Morgan fingerprint density at radius 2 is 2.00 bits per heavy atom. The van der Waals surface area contributed by atoms with Crippen molar-refractivity contribution in [2.45, 2.75) is 24.4 Å². The number of thioether (sulfide) groups is 1. The zero-order chi connectivity index (χ0) is 16.4. The van der Waals surface area contributed by atoms with Gasteiger partial charge in [0.1, 0.15) is 5.15 Å². The zero-order valence-corrected chi connectivity index (χ0v) is 14.5. The number of halogens is 1. The fourth-order valence-corrected chi connectivity index (χ4v) is 3.75. The second kappa shape index (κ2) is 6.78. The topological polar surface area (TPSA) is 55.9 Å². The summed E-state index contributed by atoms with van der Waals surface area (Å²) in [4.78, 5) is 4.32. The second-order valence-corrected chi connectivity index (χ2v) is 6.44. The first-order chi connectivity index (χ1) is 11.1. The van der Waals surface area contributed by atoms with Crippen LogP contribution in [0.25, 0.3) is 5.69 Å². The lowest BCUT2D eigenvalue weighted by atomic mass is 10.3. The Balaban J connectivity index is 1.84. The highest BCUT2D eigenvalue weighted by molar-refractivity contribution is 7.98. The summed E-state index contributed by atoms with van der Waals surface area (Å²) in [6.45, 7) is 1.94. The molecule has 0 spiro atoms. The number of benzene rings is 1. The fraction of sp³-hybridized carbons (Fsp3) is 0.250. The number of para-hydroxylation sites is 1. The zero-order valence-electron chi connectivity index (χ0n) is 12.9. The molecule has 0 aliphatic carbocycles. The Hall–Kier alpha value is -1.76. The molecule has 3 aromatic rings. The van der Waals surface area contributed by atoms with Crippen LogP contribution in [-0.2, 0) is 19.4 Å². The predicted molar refractivity (Wildman–Crippen MR) is 92.0 cm³/mol. The van der Waals surface area contributed by atoms with E-state index >= 15 is 0 Å². The molecular weight excluding hydrogens is 332 g/mol. The van der Waals surface area contributed by atoms with Gasteiger partial charge in [0.15, 0.2) is 5.16 Å². The van der Waals surface area contributed by atoms with Crippen LogP contribution in [0, 0.1) is 6.92 Å². The van der Waals surface area contributed by atoms with Crippen LogP contribution in [0.4, 0.5) is 0 Å². The Labute approximate surface area is 143 Å². The maximum Gasteiger partial charge on any atom is 0.168 e. The molecule has 23 heavy (non-hydrogen) atoms. The first-order valence-corrected chi connectivity index (χ1v) is 8.52. The lowest BCUT2D eigenvalue weighted by molar-refractivity contribution is 0.271. The number of nitrogens with zero attached hydrogens (tertiary/aromatic N) is 4. The minimum absolute atomic E-state index is 0.0181. The Morgan fingerprint density at radius 3 is 2.65 bits per heavy atom. The molecule has 1 aromatic carbocycles. The molecule has 0 fully saturated rings. The summed E-state index contributed by atoms with van der Waals surface area (Å²) >= 11 is 8.10. The van der Waals surface area contributed by atoms with E-state index in [-0.39, 0.29) is 6.61 Å². The molecule has 2 heterocycles. The number of hydrogen-bond acceptors (Lipinski definition) is 4. The van der Waals surface area contributed by atoms with Crippen molar-refractivity contribution in [3.63, 3.8) is 0 Å². The van der Waals surface area contributed by atoms with E-state index in [4.69, 9.17) is 11.6 Å². The van der Waals surface area contributed by atoms with Crippen molar-refractivity contribution in [3.05, 3.63) is 58.6 Å². The van der Waals surface area contributed by atoms with Gasteiger partial charge in [0.2, 0.25) is 0 Å². The number of rotatable bonds is 5. The smallest absolute Gasteiger partial charge is 0.168 e. The molecule has 1 N–H and O–H groups in total. The number of aryl methyl sites for hydroxylation is 1. The van der Waals surface area contributed by atoms with Crippen molar-refractivity contribution in [2.24, 2.45) is 7.05 Å². The van der Waals surface area contributed by atoms with E-state index in [0.717, 1.165) is 27.8 Å². The van der Waals surface area contributed by atoms with Crippen molar-refractivity contribution >= 4 is 23.4 Å². The SMILES string of the molecule is Cc1nn(-c2ccccc2)c(Cl)c1CSc1ncc(CO)n1C. The fourth-order valence-electron chi connectivity index (χ4n) is 2.28. The first-order valence-electron chi connectivity index (χ1n) is 7.15. The number of hydrogen-bond donors (Lipinski definition) is 1. The molecule has 0 unspecified atom stereocenters. The maximum absolute atomic E-state index is 9.23. The van der Waals surface area contributed by atoms with E-state index in [1.54, 1.807) is 22.6 Å². The number of imidazole rings is 1. The second-order valence-electron chi connectivity index (χ2n) is 5.14. The van der Waals surface area contributed by atoms with Crippen LogP contribution in [0.1, 0.15) is 17.0 Å². The van der Waals surface area contributed by atoms with Gasteiger partial charge in [0.05, 0.1) is 29.9 Å². The molecule has 2 aromatic heterocycles.